The molecule has 0 fully saturated rings. The van der Waals surface area contributed by atoms with Crippen molar-refractivity contribution in [3.8, 4) is 0 Å². The number of thiazole rings is 1. The van der Waals surface area contributed by atoms with E-state index >= 15 is 0 Å². The Morgan fingerprint density at radius 1 is 1.50 bits per heavy atom. The maximum Gasteiger partial charge on any atom is 0.122 e. The Kier molecular flexibility index (Phi) is 4.89. The number of aromatic nitrogens is 1. The molecule has 1 rings (SSSR count). The molecule has 92 valence electrons. The molecule has 1 atom stereocenters. The van der Waals surface area contributed by atoms with Gasteiger partial charge in [0.25, 0.3) is 0 Å². The largest absolute Gasteiger partial charge is 0.372 e. The number of nitrogens with zero attached hydrogens (tertiary/aromatic N) is 1. The van der Waals surface area contributed by atoms with Crippen molar-refractivity contribution in [2.75, 3.05) is 6.61 Å². The normalized spacial score (nSPS) is 14.1. The second-order valence-electron chi connectivity index (χ2n) is 4.88. The minimum Gasteiger partial charge on any atom is -0.372 e. The zero-order valence-corrected chi connectivity index (χ0v) is 11.6. The van der Waals surface area contributed by atoms with Gasteiger partial charge in [-0.15, -0.1) is 11.3 Å². The highest BCUT2D eigenvalue weighted by Gasteiger charge is 2.12. The Morgan fingerprint density at radius 2 is 2.19 bits per heavy atom. The van der Waals surface area contributed by atoms with Crippen molar-refractivity contribution in [2.45, 2.75) is 52.8 Å². The predicted octanol–water partition coefficient (Wildman–Crippen LogP) is 3.13. The maximum atomic E-state index is 5.51. The van der Waals surface area contributed by atoms with Gasteiger partial charge in [-0.25, -0.2) is 4.98 Å². The quantitative estimate of drug-likeness (QED) is 0.861. The first-order chi connectivity index (χ1) is 7.42. The summed E-state index contributed by atoms with van der Waals surface area (Å²) in [6.45, 7) is 12.1. The van der Waals surface area contributed by atoms with Crippen LogP contribution in [0.1, 0.15) is 51.4 Å². The van der Waals surface area contributed by atoms with Gasteiger partial charge in [0.15, 0.2) is 0 Å². The number of ether oxygens (including phenoxy) is 1. The van der Waals surface area contributed by atoms with Gasteiger partial charge in [0.1, 0.15) is 11.1 Å². The van der Waals surface area contributed by atoms with Crippen LogP contribution in [-0.4, -0.2) is 17.1 Å². The standard InChI is InChI=1S/C12H22N2OS/c1-6-15-9(2)11-14-10(8-16-11)7-13-12(3,4)5/h8-9,13H,6-7H2,1-5H3. The van der Waals surface area contributed by atoms with E-state index in [1.165, 1.54) is 0 Å². The van der Waals surface area contributed by atoms with Crippen LogP contribution in [-0.2, 0) is 11.3 Å². The van der Waals surface area contributed by atoms with E-state index in [1.54, 1.807) is 11.3 Å². The van der Waals surface area contributed by atoms with E-state index in [0.29, 0.717) is 0 Å². The second-order valence-corrected chi connectivity index (χ2v) is 5.77. The van der Waals surface area contributed by atoms with Gasteiger partial charge in [-0.3, -0.25) is 0 Å². The van der Waals surface area contributed by atoms with Crippen LogP contribution in [0.2, 0.25) is 0 Å². The molecule has 1 N–H and O–H groups in total. The van der Waals surface area contributed by atoms with E-state index in [4.69, 9.17) is 4.74 Å². The molecule has 0 amide bonds. The van der Waals surface area contributed by atoms with Gasteiger partial charge in [-0.1, -0.05) is 0 Å². The third-order valence-corrected chi connectivity index (χ3v) is 3.19. The summed E-state index contributed by atoms with van der Waals surface area (Å²) in [5.74, 6) is 0. The molecule has 1 unspecified atom stereocenters. The minimum absolute atomic E-state index is 0.110. The Labute approximate surface area is 102 Å². The zero-order chi connectivity index (χ0) is 12.2. The number of hydrogen-bond acceptors (Lipinski definition) is 4. The Morgan fingerprint density at radius 3 is 2.75 bits per heavy atom. The molecule has 3 nitrogen and oxygen atoms in total. The summed E-state index contributed by atoms with van der Waals surface area (Å²) in [5, 5.41) is 6.59. The van der Waals surface area contributed by atoms with Crippen LogP contribution in [0.4, 0.5) is 0 Å². The number of nitrogens with one attached hydrogen (secondary N) is 1. The minimum atomic E-state index is 0.110. The van der Waals surface area contributed by atoms with E-state index in [-0.39, 0.29) is 11.6 Å². The molecule has 0 spiro atoms. The average Bonchev–Trinajstić information content (AvgIpc) is 2.62. The fraction of sp³-hybridized carbons (Fsp3) is 0.750. The van der Waals surface area contributed by atoms with Gasteiger partial charge < -0.3 is 10.1 Å². The van der Waals surface area contributed by atoms with Crippen molar-refractivity contribution in [3.05, 3.63) is 16.1 Å². The van der Waals surface area contributed by atoms with Crippen LogP contribution in [0.5, 0.6) is 0 Å². The van der Waals surface area contributed by atoms with Crippen LogP contribution in [0.15, 0.2) is 5.38 Å². The topological polar surface area (TPSA) is 34.1 Å². The van der Waals surface area contributed by atoms with Crippen molar-refractivity contribution in [3.63, 3.8) is 0 Å². The van der Waals surface area contributed by atoms with Gasteiger partial charge >= 0.3 is 0 Å². The van der Waals surface area contributed by atoms with Gasteiger partial charge in [-0.2, -0.15) is 0 Å². The fourth-order valence-corrected chi connectivity index (χ4v) is 2.09. The van der Waals surface area contributed by atoms with Crippen molar-refractivity contribution in [1.82, 2.24) is 10.3 Å². The van der Waals surface area contributed by atoms with Gasteiger partial charge in [0, 0.05) is 24.1 Å². The molecule has 0 aliphatic rings. The van der Waals surface area contributed by atoms with Crippen molar-refractivity contribution >= 4 is 11.3 Å². The SMILES string of the molecule is CCOC(C)c1nc(CNC(C)(C)C)cs1. The molecule has 0 saturated heterocycles. The van der Waals surface area contributed by atoms with Crippen LogP contribution in [0.25, 0.3) is 0 Å². The molecular weight excluding hydrogens is 220 g/mol. The van der Waals surface area contributed by atoms with E-state index in [2.05, 4.69) is 36.5 Å². The smallest absolute Gasteiger partial charge is 0.122 e. The van der Waals surface area contributed by atoms with Crippen molar-refractivity contribution in [2.24, 2.45) is 0 Å². The molecule has 0 aliphatic carbocycles. The Hall–Kier alpha value is -0.450. The highest BCUT2D eigenvalue weighted by molar-refractivity contribution is 7.09. The lowest BCUT2D eigenvalue weighted by Crippen LogP contribution is -2.35. The second kappa shape index (κ2) is 5.75. The summed E-state index contributed by atoms with van der Waals surface area (Å²) in [6, 6.07) is 0. The van der Waals surface area contributed by atoms with Crippen molar-refractivity contribution in [1.29, 1.82) is 0 Å². The van der Waals surface area contributed by atoms with E-state index < -0.39 is 0 Å². The molecule has 0 bridgehead atoms. The summed E-state index contributed by atoms with van der Waals surface area (Å²) >= 11 is 1.67. The molecular formula is C12H22N2OS. The number of hydrogen-bond donors (Lipinski definition) is 1. The van der Waals surface area contributed by atoms with Crippen LogP contribution in [0, 0.1) is 0 Å². The van der Waals surface area contributed by atoms with Gasteiger partial charge in [-0.05, 0) is 34.6 Å². The molecule has 0 saturated carbocycles. The predicted molar refractivity (Wildman–Crippen MR) is 68.7 cm³/mol. The van der Waals surface area contributed by atoms with Gasteiger partial charge in [0.2, 0.25) is 0 Å². The highest BCUT2D eigenvalue weighted by atomic mass is 32.1. The molecule has 0 aromatic carbocycles. The lowest BCUT2D eigenvalue weighted by atomic mass is 10.1. The molecule has 0 radical (unpaired) electrons. The Bertz CT molecular complexity index is 317. The Balaban J connectivity index is 2.51. The molecule has 1 aromatic heterocycles. The molecule has 1 heterocycles. The lowest BCUT2D eigenvalue weighted by molar-refractivity contribution is 0.0761. The van der Waals surface area contributed by atoms with E-state index in [9.17, 15) is 0 Å². The van der Waals surface area contributed by atoms with Gasteiger partial charge in [0.05, 0.1) is 5.69 Å². The molecule has 0 aliphatic heterocycles. The first-order valence-corrected chi connectivity index (χ1v) is 6.61. The maximum absolute atomic E-state index is 5.51. The third kappa shape index (κ3) is 4.60. The monoisotopic (exact) mass is 242 g/mol. The first-order valence-electron chi connectivity index (χ1n) is 5.73. The number of rotatable bonds is 5. The van der Waals surface area contributed by atoms with Crippen LogP contribution in [0.3, 0.4) is 0 Å². The fourth-order valence-electron chi connectivity index (χ4n) is 1.27. The summed E-state index contributed by atoms with van der Waals surface area (Å²) in [5.41, 5.74) is 1.23. The summed E-state index contributed by atoms with van der Waals surface area (Å²) in [4.78, 5) is 4.56. The average molecular weight is 242 g/mol. The van der Waals surface area contributed by atoms with Crippen molar-refractivity contribution < 1.29 is 4.74 Å². The summed E-state index contributed by atoms with van der Waals surface area (Å²) in [7, 11) is 0. The summed E-state index contributed by atoms with van der Waals surface area (Å²) < 4.78 is 5.51. The third-order valence-electron chi connectivity index (χ3n) is 2.13. The lowest BCUT2D eigenvalue weighted by Gasteiger charge is -2.19. The van der Waals surface area contributed by atoms with E-state index in [0.717, 1.165) is 23.9 Å². The zero-order valence-electron chi connectivity index (χ0n) is 10.8. The first kappa shape index (κ1) is 13.6. The summed E-state index contributed by atoms with van der Waals surface area (Å²) in [6.07, 6.45) is 0.110. The van der Waals surface area contributed by atoms with E-state index in [1.807, 2.05) is 13.8 Å². The molecule has 16 heavy (non-hydrogen) atoms. The van der Waals surface area contributed by atoms with Crippen LogP contribution >= 0.6 is 11.3 Å². The highest BCUT2D eigenvalue weighted by Crippen LogP contribution is 2.21. The molecule has 4 heteroatoms. The van der Waals surface area contributed by atoms with Crippen LogP contribution < -0.4 is 5.32 Å². The molecule has 1 aromatic rings.